The number of nitrogens with two attached hydrogens (primary N) is 1. The third-order valence-corrected chi connectivity index (χ3v) is 4.08. The van der Waals surface area contributed by atoms with Gasteiger partial charge in [-0.3, -0.25) is 0 Å². The molecule has 114 valence electrons. The van der Waals surface area contributed by atoms with Crippen LogP contribution >= 0.6 is 0 Å². The van der Waals surface area contributed by atoms with Crippen LogP contribution in [-0.2, 0) is 0 Å². The molecule has 2 N–H and O–H groups in total. The van der Waals surface area contributed by atoms with Gasteiger partial charge in [-0.05, 0) is 29.9 Å². The van der Waals surface area contributed by atoms with E-state index in [4.69, 9.17) is 5.73 Å². The monoisotopic (exact) mass is 275 g/mol. The maximum Gasteiger partial charge on any atom is 0.0241 e. The summed E-state index contributed by atoms with van der Waals surface area (Å²) in [6, 6.07) is 0. The second-order valence-electron chi connectivity index (χ2n) is 5.84. The zero-order valence-corrected chi connectivity index (χ0v) is 13.8. The Morgan fingerprint density at radius 2 is 1.75 bits per heavy atom. The summed E-state index contributed by atoms with van der Waals surface area (Å²) in [5, 5.41) is 0. The Kier molecular flexibility index (Phi) is 9.88. The highest BCUT2D eigenvalue weighted by Crippen LogP contribution is 2.37. The molecule has 0 aliphatic rings. The van der Waals surface area contributed by atoms with Gasteiger partial charge in [0.25, 0.3) is 0 Å². The fraction of sp³-hybridized carbons (Fsp3) is 0.579. The van der Waals surface area contributed by atoms with Crippen molar-refractivity contribution in [3.63, 3.8) is 0 Å². The van der Waals surface area contributed by atoms with Crippen molar-refractivity contribution >= 4 is 0 Å². The molecule has 0 aromatic rings. The first kappa shape index (κ1) is 18.8. The van der Waals surface area contributed by atoms with Crippen LogP contribution in [-0.4, -0.2) is 0 Å². The van der Waals surface area contributed by atoms with Crippen LogP contribution in [0.3, 0.4) is 0 Å². The zero-order valence-electron chi connectivity index (χ0n) is 13.8. The first-order valence-electron chi connectivity index (χ1n) is 7.95. The first-order chi connectivity index (χ1) is 9.50. The van der Waals surface area contributed by atoms with E-state index in [-0.39, 0.29) is 5.41 Å². The van der Waals surface area contributed by atoms with Crippen molar-refractivity contribution in [1.29, 1.82) is 0 Å². The standard InChI is InChI=1S/C19H33N/c1-6-9-10-11-12-16-19(5,8-3)18(13-7-2)15-14-17(4)20/h7,13-15H,2,4,6,8-12,16,20H2,1,3,5H3/b15-14-,18-13+. The van der Waals surface area contributed by atoms with Crippen LogP contribution in [0.5, 0.6) is 0 Å². The lowest BCUT2D eigenvalue weighted by molar-refractivity contribution is 0.341. The van der Waals surface area contributed by atoms with Crippen molar-refractivity contribution in [3.8, 4) is 0 Å². The van der Waals surface area contributed by atoms with Crippen LogP contribution in [0, 0.1) is 5.41 Å². The van der Waals surface area contributed by atoms with Gasteiger partial charge in [-0.2, -0.15) is 0 Å². The second kappa shape index (κ2) is 10.5. The summed E-state index contributed by atoms with van der Waals surface area (Å²) >= 11 is 0. The molecule has 0 spiro atoms. The molecule has 0 aromatic heterocycles. The van der Waals surface area contributed by atoms with Crippen molar-refractivity contribution in [1.82, 2.24) is 0 Å². The molecule has 0 saturated carbocycles. The average Bonchev–Trinajstić information content (AvgIpc) is 2.42. The highest BCUT2D eigenvalue weighted by molar-refractivity contribution is 5.32. The van der Waals surface area contributed by atoms with Crippen molar-refractivity contribution in [3.05, 3.63) is 48.7 Å². The summed E-state index contributed by atoms with van der Waals surface area (Å²) in [7, 11) is 0. The van der Waals surface area contributed by atoms with E-state index in [9.17, 15) is 0 Å². The Bertz CT molecular complexity index is 349. The molecule has 0 amide bonds. The summed E-state index contributed by atoms with van der Waals surface area (Å²) in [4.78, 5) is 0. The fourth-order valence-electron chi connectivity index (χ4n) is 2.43. The van der Waals surface area contributed by atoms with Crippen molar-refractivity contribution in [2.75, 3.05) is 0 Å². The quantitative estimate of drug-likeness (QED) is 0.368. The molecule has 1 unspecified atom stereocenters. The lowest BCUT2D eigenvalue weighted by Crippen LogP contribution is -2.17. The summed E-state index contributed by atoms with van der Waals surface area (Å²) in [6.07, 6.45) is 16.9. The minimum absolute atomic E-state index is 0.201. The molecule has 1 nitrogen and oxygen atoms in total. The molecule has 0 bridgehead atoms. The molecule has 1 heteroatoms. The summed E-state index contributed by atoms with van der Waals surface area (Å²) in [6.45, 7) is 14.4. The Morgan fingerprint density at radius 3 is 2.25 bits per heavy atom. The van der Waals surface area contributed by atoms with E-state index in [1.54, 1.807) is 0 Å². The van der Waals surface area contributed by atoms with Crippen molar-refractivity contribution in [2.24, 2.45) is 11.1 Å². The van der Waals surface area contributed by atoms with Gasteiger partial charge in [0.05, 0.1) is 0 Å². The van der Waals surface area contributed by atoms with Gasteiger partial charge in [-0.1, -0.05) is 84.3 Å². The maximum atomic E-state index is 5.64. The molecule has 0 fully saturated rings. The van der Waals surface area contributed by atoms with E-state index in [0.717, 1.165) is 6.42 Å². The summed E-state index contributed by atoms with van der Waals surface area (Å²) in [5.41, 5.74) is 7.74. The number of hydrogen-bond acceptors (Lipinski definition) is 1. The molecule has 0 radical (unpaired) electrons. The van der Waals surface area contributed by atoms with Gasteiger partial charge in [0.2, 0.25) is 0 Å². The topological polar surface area (TPSA) is 26.0 Å². The minimum atomic E-state index is 0.201. The second-order valence-corrected chi connectivity index (χ2v) is 5.84. The molecular weight excluding hydrogens is 242 g/mol. The summed E-state index contributed by atoms with van der Waals surface area (Å²) in [5.74, 6) is 0. The van der Waals surface area contributed by atoms with E-state index >= 15 is 0 Å². The Morgan fingerprint density at radius 1 is 1.10 bits per heavy atom. The number of rotatable bonds is 11. The van der Waals surface area contributed by atoms with Crippen LogP contribution in [0.15, 0.2) is 48.7 Å². The molecule has 0 aliphatic heterocycles. The normalized spacial score (nSPS) is 15.2. The van der Waals surface area contributed by atoms with E-state index in [1.165, 1.54) is 44.1 Å². The predicted molar refractivity (Wildman–Crippen MR) is 92.5 cm³/mol. The van der Waals surface area contributed by atoms with Crippen LogP contribution in [0.2, 0.25) is 0 Å². The minimum Gasteiger partial charge on any atom is -0.399 e. The maximum absolute atomic E-state index is 5.64. The van der Waals surface area contributed by atoms with Crippen LogP contribution < -0.4 is 5.73 Å². The number of hydrogen-bond donors (Lipinski definition) is 1. The molecule has 0 heterocycles. The molecule has 0 aromatic carbocycles. The van der Waals surface area contributed by atoms with E-state index in [2.05, 4.69) is 46.1 Å². The third kappa shape index (κ3) is 7.37. The van der Waals surface area contributed by atoms with Crippen LogP contribution in [0.1, 0.15) is 65.7 Å². The van der Waals surface area contributed by atoms with E-state index < -0.39 is 0 Å². The smallest absolute Gasteiger partial charge is 0.0241 e. The first-order valence-corrected chi connectivity index (χ1v) is 7.95. The Labute approximate surface area is 126 Å². The lowest BCUT2D eigenvalue weighted by Gasteiger charge is -2.30. The highest BCUT2D eigenvalue weighted by atomic mass is 14.5. The van der Waals surface area contributed by atoms with Gasteiger partial charge < -0.3 is 5.73 Å². The van der Waals surface area contributed by atoms with Gasteiger partial charge in [-0.25, -0.2) is 0 Å². The molecule has 0 rings (SSSR count). The highest BCUT2D eigenvalue weighted by Gasteiger charge is 2.24. The van der Waals surface area contributed by atoms with Crippen molar-refractivity contribution < 1.29 is 0 Å². The Balaban J connectivity index is 4.72. The largest absolute Gasteiger partial charge is 0.399 e. The lowest BCUT2D eigenvalue weighted by atomic mass is 9.75. The number of allylic oxidation sites excluding steroid dienone is 5. The van der Waals surface area contributed by atoms with Crippen molar-refractivity contribution in [2.45, 2.75) is 65.7 Å². The molecule has 0 aliphatic carbocycles. The van der Waals surface area contributed by atoms with Gasteiger partial charge >= 0.3 is 0 Å². The van der Waals surface area contributed by atoms with Crippen LogP contribution in [0.4, 0.5) is 0 Å². The fourth-order valence-corrected chi connectivity index (χ4v) is 2.43. The van der Waals surface area contributed by atoms with Gasteiger partial charge in [0, 0.05) is 5.70 Å². The molecule has 1 atom stereocenters. The zero-order chi connectivity index (χ0) is 15.4. The molecule has 20 heavy (non-hydrogen) atoms. The Hall–Kier alpha value is -1.24. The molecular formula is C19H33N. The predicted octanol–water partition coefficient (Wildman–Crippen LogP) is 5.90. The SMILES string of the molecule is C=C/C=C(\C=C/C(=C)N)C(C)(CC)CCCCCCC. The summed E-state index contributed by atoms with van der Waals surface area (Å²) < 4.78 is 0. The van der Waals surface area contributed by atoms with Crippen LogP contribution in [0.25, 0.3) is 0 Å². The number of unbranched alkanes of at least 4 members (excludes halogenated alkanes) is 4. The molecule has 0 saturated heterocycles. The van der Waals surface area contributed by atoms with Gasteiger partial charge in [0.1, 0.15) is 0 Å². The van der Waals surface area contributed by atoms with Gasteiger partial charge in [0.15, 0.2) is 0 Å². The van der Waals surface area contributed by atoms with E-state index in [0.29, 0.717) is 5.70 Å². The van der Waals surface area contributed by atoms with Gasteiger partial charge in [-0.15, -0.1) is 0 Å². The average molecular weight is 275 g/mol. The third-order valence-electron chi connectivity index (χ3n) is 4.08. The van der Waals surface area contributed by atoms with E-state index in [1.807, 2.05) is 12.2 Å².